The van der Waals surface area contributed by atoms with Crippen molar-refractivity contribution in [3.63, 3.8) is 0 Å². The Hall–Kier alpha value is -1.56. The molecule has 6 heteroatoms. The first-order valence-corrected chi connectivity index (χ1v) is 5.84. The molecule has 0 bridgehead atoms. The molecule has 1 aromatic heterocycles. The van der Waals surface area contributed by atoms with Crippen LogP contribution in [0.25, 0.3) is 0 Å². The van der Waals surface area contributed by atoms with Crippen LogP contribution in [0.4, 0.5) is 0 Å². The fraction of sp³-hybridized carbons (Fsp3) is 0.636. The number of hydrogen-bond donors (Lipinski definition) is 2. The largest absolute Gasteiger partial charge is 0.494 e. The van der Waals surface area contributed by atoms with Crippen LogP contribution < -0.4 is 11.2 Å². The molecule has 0 saturated carbocycles. The van der Waals surface area contributed by atoms with E-state index in [0.29, 0.717) is 13.1 Å². The highest BCUT2D eigenvalue weighted by Crippen LogP contribution is 2.01. The molecule has 0 saturated heterocycles. The zero-order chi connectivity index (χ0) is 12.8. The maximum atomic E-state index is 11.4. The second-order valence-electron chi connectivity index (χ2n) is 3.88. The monoisotopic (exact) mass is 241 g/mol. The van der Waals surface area contributed by atoms with Gasteiger partial charge in [-0.15, -0.1) is 0 Å². The van der Waals surface area contributed by atoms with Crippen molar-refractivity contribution < 1.29 is 5.11 Å². The minimum absolute atomic E-state index is 0.286. The van der Waals surface area contributed by atoms with E-state index in [-0.39, 0.29) is 5.88 Å². The number of aromatic nitrogens is 2. The molecule has 0 fully saturated rings. The molecule has 6 nitrogen and oxygen atoms in total. The van der Waals surface area contributed by atoms with Crippen molar-refractivity contribution >= 4 is 0 Å². The van der Waals surface area contributed by atoms with Crippen LogP contribution in [0.5, 0.6) is 5.88 Å². The van der Waals surface area contributed by atoms with Gasteiger partial charge in [-0.2, -0.15) is 0 Å². The Balaban J connectivity index is 2.75. The summed E-state index contributed by atoms with van der Waals surface area (Å²) in [6, 6.07) is 1.01. The maximum Gasteiger partial charge on any atom is 0.331 e. The Morgan fingerprint density at radius 1 is 1.35 bits per heavy atom. The Morgan fingerprint density at radius 3 is 2.59 bits per heavy atom. The van der Waals surface area contributed by atoms with E-state index in [0.717, 1.165) is 25.6 Å². The number of rotatable bonds is 6. The van der Waals surface area contributed by atoms with Gasteiger partial charge in [-0.25, -0.2) is 4.79 Å². The Bertz CT molecular complexity index is 464. The van der Waals surface area contributed by atoms with E-state index in [1.54, 1.807) is 0 Å². The van der Waals surface area contributed by atoms with E-state index in [4.69, 9.17) is 0 Å². The number of nitrogens with one attached hydrogen (secondary N) is 1. The number of aromatic hydroxyl groups is 1. The Morgan fingerprint density at radius 2 is 2.06 bits per heavy atom. The molecule has 0 aliphatic heterocycles. The first-order chi connectivity index (χ1) is 8.08. The average molecular weight is 241 g/mol. The SMILES string of the molecule is CCCN(CC)CCn1c(O)cc(=O)[nH]c1=O. The van der Waals surface area contributed by atoms with Crippen molar-refractivity contribution in [3.8, 4) is 5.88 Å². The van der Waals surface area contributed by atoms with Crippen molar-refractivity contribution in [1.29, 1.82) is 0 Å². The molecule has 96 valence electrons. The van der Waals surface area contributed by atoms with Crippen LogP contribution in [0.1, 0.15) is 20.3 Å². The molecule has 0 atom stereocenters. The van der Waals surface area contributed by atoms with E-state index in [1.807, 2.05) is 6.92 Å². The quantitative estimate of drug-likeness (QED) is 0.733. The lowest BCUT2D eigenvalue weighted by atomic mass is 10.4. The highest BCUT2D eigenvalue weighted by molar-refractivity contribution is 5.05. The molecular formula is C11H19N3O3. The second kappa shape index (κ2) is 6.24. The third kappa shape index (κ3) is 3.74. The van der Waals surface area contributed by atoms with E-state index < -0.39 is 11.2 Å². The zero-order valence-electron chi connectivity index (χ0n) is 10.3. The predicted octanol–water partition coefficient (Wildman–Crippen LogP) is -0.0259. The van der Waals surface area contributed by atoms with Gasteiger partial charge in [-0.05, 0) is 19.5 Å². The lowest BCUT2D eigenvalue weighted by molar-refractivity contribution is 0.266. The van der Waals surface area contributed by atoms with Crippen LogP contribution in [0.2, 0.25) is 0 Å². The average Bonchev–Trinajstić information content (AvgIpc) is 2.26. The highest BCUT2D eigenvalue weighted by atomic mass is 16.3. The van der Waals surface area contributed by atoms with Crippen molar-refractivity contribution in [1.82, 2.24) is 14.5 Å². The molecule has 0 amide bonds. The van der Waals surface area contributed by atoms with Crippen LogP contribution in [-0.4, -0.2) is 39.2 Å². The summed E-state index contributed by atoms with van der Waals surface area (Å²) in [5, 5.41) is 9.51. The van der Waals surface area contributed by atoms with Gasteiger partial charge in [-0.1, -0.05) is 13.8 Å². The first kappa shape index (κ1) is 13.5. The van der Waals surface area contributed by atoms with E-state index in [9.17, 15) is 14.7 Å². The van der Waals surface area contributed by atoms with Gasteiger partial charge in [0, 0.05) is 13.1 Å². The van der Waals surface area contributed by atoms with Crippen LogP contribution in [0.15, 0.2) is 15.7 Å². The van der Waals surface area contributed by atoms with Gasteiger partial charge in [0.1, 0.15) is 0 Å². The summed E-state index contributed by atoms with van der Waals surface area (Å²) < 4.78 is 1.17. The topological polar surface area (TPSA) is 78.3 Å². The molecule has 2 N–H and O–H groups in total. The number of likely N-dealkylation sites (N-methyl/N-ethyl adjacent to an activating group) is 1. The predicted molar refractivity (Wildman–Crippen MR) is 65.4 cm³/mol. The van der Waals surface area contributed by atoms with Gasteiger partial charge in [0.15, 0.2) is 0 Å². The number of H-pyrrole nitrogens is 1. The molecule has 1 heterocycles. The minimum atomic E-state index is -0.579. The summed E-state index contributed by atoms with van der Waals surface area (Å²) in [4.78, 5) is 26.7. The van der Waals surface area contributed by atoms with Crippen molar-refractivity contribution in [3.05, 3.63) is 26.9 Å². The second-order valence-corrected chi connectivity index (χ2v) is 3.88. The summed E-state index contributed by atoms with van der Waals surface area (Å²) in [5.74, 6) is -0.286. The minimum Gasteiger partial charge on any atom is -0.494 e. The third-order valence-corrected chi connectivity index (χ3v) is 2.64. The molecule has 0 aromatic carbocycles. The summed E-state index contributed by atoms with van der Waals surface area (Å²) in [5.41, 5.74) is -1.15. The maximum absolute atomic E-state index is 11.4. The summed E-state index contributed by atoms with van der Waals surface area (Å²) in [6.07, 6.45) is 1.04. The fourth-order valence-electron chi connectivity index (χ4n) is 1.71. The normalized spacial score (nSPS) is 11.0. The smallest absolute Gasteiger partial charge is 0.331 e. The van der Waals surface area contributed by atoms with E-state index in [1.165, 1.54) is 4.57 Å². The Kier molecular flexibility index (Phi) is 4.96. The summed E-state index contributed by atoms with van der Waals surface area (Å²) >= 11 is 0. The van der Waals surface area contributed by atoms with Gasteiger partial charge >= 0.3 is 5.69 Å². The third-order valence-electron chi connectivity index (χ3n) is 2.64. The van der Waals surface area contributed by atoms with Crippen LogP contribution >= 0.6 is 0 Å². The van der Waals surface area contributed by atoms with Crippen LogP contribution in [-0.2, 0) is 6.54 Å². The van der Waals surface area contributed by atoms with Crippen LogP contribution in [0, 0.1) is 0 Å². The zero-order valence-corrected chi connectivity index (χ0v) is 10.3. The number of aromatic amines is 1. The van der Waals surface area contributed by atoms with Gasteiger partial charge in [0.2, 0.25) is 5.88 Å². The molecule has 0 unspecified atom stereocenters. The molecular weight excluding hydrogens is 222 g/mol. The van der Waals surface area contributed by atoms with Gasteiger partial charge in [0.25, 0.3) is 5.56 Å². The van der Waals surface area contributed by atoms with E-state index >= 15 is 0 Å². The lowest BCUT2D eigenvalue weighted by Gasteiger charge is -2.19. The van der Waals surface area contributed by atoms with Crippen molar-refractivity contribution in [2.45, 2.75) is 26.8 Å². The molecule has 0 aliphatic rings. The van der Waals surface area contributed by atoms with Gasteiger partial charge < -0.3 is 10.0 Å². The molecule has 0 spiro atoms. The first-order valence-electron chi connectivity index (χ1n) is 5.84. The van der Waals surface area contributed by atoms with E-state index in [2.05, 4.69) is 16.8 Å². The van der Waals surface area contributed by atoms with Gasteiger partial charge in [-0.3, -0.25) is 14.3 Å². The number of hydrogen-bond acceptors (Lipinski definition) is 4. The number of nitrogens with zero attached hydrogens (tertiary/aromatic N) is 2. The molecule has 1 rings (SSSR count). The highest BCUT2D eigenvalue weighted by Gasteiger charge is 2.06. The summed E-state index contributed by atoms with van der Waals surface area (Å²) in [6.45, 7) is 7.03. The molecule has 0 aliphatic carbocycles. The van der Waals surface area contributed by atoms with Gasteiger partial charge in [0.05, 0.1) is 6.07 Å². The fourth-order valence-corrected chi connectivity index (χ4v) is 1.71. The molecule has 0 radical (unpaired) electrons. The van der Waals surface area contributed by atoms with Crippen LogP contribution in [0.3, 0.4) is 0 Å². The summed E-state index contributed by atoms with van der Waals surface area (Å²) in [7, 11) is 0. The standard InChI is InChI=1S/C11H19N3O3/c1-3-5-13(4-2)6-7-14-10(16)8-9(15)12-11(14)17/h8,16H,3-7H2,1-2H3,(H,12,15,17). The Labute approximate surface area is 99.5 Å². The van der Waals surface area contributed by atoms with Crippen molar-refractivity contribution in [2.24, 2.45) is 0 Å². The molecule has 1 aromatic rings. The molecule has 17 heavy (non-hydrogen) atoms. The van der Waals surface area contributed by atoms with Crippen molar-refractivity contribution in [2.75, 3.05) is 19.6 Å². The lowest BCUT2D eigenvalue weighted by Crippen LogP contribution is -2.34.